The molecule has 0 aliphatic carbocycles. The maximum Gasteiger partial charge on any atom is 0.122 e. The molecular formula is C17H24N4. The van der Waals surface area contributed by atoms with E-state index in [1.54, 1.807) is 0 Å². The smallest absolute Gasteiger partial charge is 0.122 e. The first-order valence-corrected chi connectivity index (χ1v) is 7.88. The number of hydrogen-bond donors (Lipinski definition) is 1. The quantitative estimate of drug-likeness (QED) is 0.915. The van der Waals surface area contributed by atoms with Crippen molar-refractivity contribution in [3.63, 3.8) is 0 Å². The Morgan fingerprint density at radius 3 is 2.95 bits per heavy atom. The van der Waals surface area contributed by atoms with E-state index in [4.69, 9.17) is 0 Å². The molecule has 3 rings (SSSR count). The van der Waals surface area contributed by atoms with Gasteiger partial charge in [-0.05, 0) is 12.0 Å². The molecule has 1 unspecified atom stereocenters. The summed E-state index contributed by atoms with van der Waals surface area (Å²) in [4.78, 5) is 7.10. The van der Waals surface area contributed by atoms with Gasteiger partial charge in [0.2, 0.25) is 0 Å². The Labute approximate surface area is 126 Å². The van der Waals surface area contributed by atoms with Gasteiger partial charge >= 0.3 is 0 Å². The monoisotopic (exact) mass is 284 g/mol. The Morgan fingerprint density at radius 1 is 1.29 bits per heavy atom. The molecule has 1 aromatic carbocycles. The van der Waals surface area contributed by atoms with Gasteiger partial charge in [0, 0.05) is 44.6 Å². The lowest BCUT2D eigenvalue weighted by Gasteiger charge is -2.36. The van der Waals surface area contributed by atoms with Crippen molar-refractivity contribution in [3.05, 3.63) is 54.1 Å². The average Bonchev–Trinajstić information content (AvgIpc) is 2.96. The second kappa shape index (κ2) is 6.87. The van der Waals surface area contributed by atoms with Gasteiger partial charge < -0.3 is 9.88 Å². The van der Waals surface area contributed by atoms with Crippen LogP contribution in [0.25, 0.3) is 0 Å². The SMILES string of the molecule is CCCn1ccnc1CN1CCNCC1c1ccccc1. The number of rotatable bonds is 5. The number of benzene rings is 1. The molecule has 1 saturated heterocycles. The molecule has 21 heavy (non-hydrogen) atoms. The fraction of sp³-hybridized carbons (Fsp3) is 0.471. The first kappa shape index (κ1) is 14.3. The molecule has 0 radical (unpaired) electrons. The molecule has 1 N–H and O–H groups in total. The highest BCUT2D eigenvalue weighted by Gasteiger charge is 2.24. The number of hydrogen-bond acceptors (Lipinski definition) is 3. The average molecular weight is 284 g/mol. The zero-order chi connectivity index (χ0) is 14.5. The third-order valence-electron chi connectivity index (χ3n) is 4.15. The highest BCUT2D eigenvalue weighted by Crippen LogP contribution is 2.23. The van der Waals surface area contributed by atoms with Gasteiger partial charge in [-0.15, -0.1) is 0 Å². The molecule has 2 aromatic rings. The Bertz CT molecular complexity index is 549. The minimum absolute atomic E-state index is 0.437. The Balaban J connectivity index is 1.77. The van der Waals surface area contributed by atoms with Crippen molar-refractivity contribution in [3.8, 4) is 0 Å². The molecule has 1 atom stereocenters. The summed E-state index contributed by atoms with van der Waals surface area (Å²) in [5.74, 6) is 1.18. The number of aromatic nitrogens is 2. The summed E-state index contributed by atoms with van der Waals surface area (Å²) in [6.07, 6.45) is 5.16. The Kier molecular flexibility index (Phi) is 4.68. The standard InChI is InChI=1S/C17H24N4/c1-2-10-20-12-9-19-17(20)14-21-11-8-18-13-16(21)15-6-4-3-5-7-15/h3-7,9,12,16,18H,2,8,10-11,13-14H2,1H3. The molecule has 0 spiro atoms. The predicted octanol–water partition coefficient (Wildman–Crippen LogP) is 2.44. The summed E-state index contributed by atoms with van der Waals surface area (Å²) in [5.41, 5.74) is 1.39. The number of nitrogens with one attached hydrogen (secondary N) is 1. The van der Waals surface area contributed by atoms with Gasteiger partial charge in [-0.2, -0.15) is 0 Å². The molecule has 2 heterocycles. The lowest BCUT2D eigenvalue weighted by Crippen LogP contribution is -2.45. The summed E-state index contributed by atoms with van der Waals surface area (Å²) >= 11 is 0. The minimum atomic E-state index is 0.437. The van der Waals surface area contributed by atoms with E-state index in [-0.39, 0.29) is 0 Å². The van der Waals surface area contributed by atoms with Crippen LogP contribution in [-0.4, -0.2) is 34.1 Å². The van der Waals surface area contributed by atoms with Crippen LogP contribution < -0.4 is 5.32 Å². The van der Waals surface area contributed by atoms with Crippen molar-refractivity contribution in [2.45, 2.75) is 32.5 Å². The van der Waals surface area contributed by atoms with Crippen molar-refractivity contribution in [1.82, 2.24) is 19.8 Å². The maximum absolute atomic E-state index is 4.56. The summed E-state index contributed by atoms with van der Waals surface area (Å²) < 4.78 is 2.28. The van der Waals surface area contributed by atoms with Crippen LogP contribution in [0.1, 0.15) is 30.8 Å². The second-order valence-corrected chi connectivity index (χ2v) is 5.64. The van der Waals surface area contributed by atoms with Crippen molar-refractivity contribution < 1.29 is 0 Å². The van der Waals surface area contributed by atoms with E-state index >= 15 is 0 Å². The lowest BCUT2D eigenvalue weighted by atomic mass is 10.0. The van der Waals surface area contributed by atoms with Gasteiger partial charge in [0.15, 0.2) is 0 Å². The first-order chi connectivity index (χ1) is 10.4. The van der Waals surface area contributed by atoms with Crippen LogP contribution in [-0.2, 0) is 13.1 Å². The largest absolute Gasteiger partial charge is 0.334 e. The molecule has 112 valence electrons. The van der Waals surface area contributed by atoms with Gasteiger partial charge in [0.25, 0.3) is 0 Å². The molecule has 1 aromatic heterocycles. The molecular weight excluding hydrogens is 260 g/mol. The van der Waals surface area contributed by atoms with E-state index in [9.17, 15) is 0 Å². The lowest BCUT2D eigenvalue weighted by molar-refractivity contribution is 0.148. The fourth-order valence-electron chi connectivity index (χ4n) is 3.06. The summed E-state index contributed by atoms with van der Waals surface area (Å²) in [6, 6.07) is 11.2. The van der Waals surface area contributed by atoms with Crippen molar-refractivity contribution >= 4 is 0 Å². The fourth-order valence-corrected chi connectivity index (χ4v) is 3.06. The van der Waals surface area contributed by atoms with Gasteiger partial charge in [-0.3, -0.25) is 4.90 Å². The van der Waals surface area contributed by atoms with E-state index in [1.165, 1.54) is 11.4 Å². The maximum atomic E-state index is 4.56. The van der Waals surface area contributed by atoms with E-state index in [0.29, 0.717) is 6.04 Å². The van der Waals surface area contributed by atoms with Crippen LogP contribution in [0, 0.1) is 0 Å². The summed E-state index contributed by atoms with van der Waals surface area (Å²) in [5, 5.41) is 3.51. The third-order valence-corrected chi connectivity index (χ3v) is 4.15. The van der Waals surface area contributed by atoms with Crippen LogP contribution in [0.15, 0.2) is 42.7 Å². The number of imidazole rings is 1. The van der Waals surface area contributed by atoms with Crippen LogP contribution in [0.4, 0.5) is 0 Å². The molecule has 1 fully saturated rings. The van der Waals surface area contributed by atoms with E-state index in [2.05, 4.69) is 63.2 Å². The zero-order valence-corrected chi connectivity index (χ0v) is 12.7. The van der Waals surface area contributed by atoms with Crippen LogP contribution in [0.2, 0.25) is 0 Å². The highest BCUT2D eigenvalue weighted by molar-refractivity contribution is 5.20. The van der Waals surface area contributed by atoms with Crippen LogP contribution in [0.5, 0.6) is 0 Å². The van der Waals surface area contributed by atoms with E-state index < -0.39 is 0 Å². The second-order valence-electron chi connectivity index (χ2n) is 5.64. The van der Waals surface area contributed by atoms with Crippen LogP contribution >= 0.6 is 0 Å². The van der Waals surface area contributed by atoms with Gasteiger partial charge in [-0.25, -0.2) is 4.98 Å². The zero-order valence-electron chi connectivity index (χ0n) is 12.7. The van der Waals surface area contributed by atoms with Gasteiger partial charge in [0.1, 0.15) is 5.82 Å². The molecule has 4 heteroatoms. The third kappa shape index (κ3) is 3.34. The Hall–Kier alpha value is -1.65. The normalized spacial score (nSPS) is 19.8. The molecule has 0 amide bonds. The Morgan fingerprint density at radius 2 is 2.14 bits per heavy atom. The van der Waals surface area contributed by atoms with Crippen molar-refractivity contribution in [2.24, 2.45) is 0 Å². The minimum Gasteiger partial charge on any atom is -0.334 e. The summed E-state index contributed by atoms with van der Waals surface area (Å²) in [6.45, 7) is 7.32. The van der Waals surface area contributed by atoms with E-state index in [1.807, 2.05) is 6.20 Å². The van der Waals surface area contributed by atoms with Crippen molar-refractivity contribution in [2.75, 3.05) is 19.6 Å². The molecule has 0 bridgehead atoms. The summed E-state index contributed by atoms with van der Waals surface area (Å²) in [7, 11) is 0. The molecule has 1 aliphatic heterocycles. The predicted molar refractivity (Wildman–Crippen MR) is 85.0 cm³/mol. The van der Waals surface area contributed by atoms with Gasteiger partial charge in [0.05, 0.1) is 6.54 Å². The molecule has 4 nitrogen and oxygen atoms in total. The first-order valence-electron chi connectivity index (χ1n) is 7.88. The number of nitrogens with zero attached hydrogens (tertiary/aromatic N) is 3. The van der Waals surface area contributed by atoms with Crippen LogP contribution in [0.3, 0.4) is 0 Å². The number of aryl methyl sites for hydroxylation is 1. The highest BCUT2D eigenvalue weighted by atomic mass is 15.2. The number of piperazine rings is 1. The topological polar surface area (TPSA) is 33.1 Å². The van der Waals surface area contributed by atoms with E-state index in [0.717, 1.165) is 39.1 Å². The van der Waals surface area contributed by atoms with Crippen molar-refractivity contribution in [1.29, 1.82) is 0 Å². The van der Waals surface area contributed by atoms with Gasteiger partial charge in [-0.1, -0.05) is 37.3 Å². The molecule has 1 aliphatic rings. The molecule has 0 saturated carbocycles.